The molecule has 0 aromatic heterocycles. The summed E-state index contributed by atoms with van der Waals surface area (Å²) >= 11 is 9.31. The minimum Gasteiger partial charge on any atom is -0.491 e. The largest absolute Gasteiger partial charge is 0.491 e. The number of carbonyl (C=O) groups is 1. The molecule has 0 heterocycles. The van der Waals surface area contributed by atoms with Crippen LogP contribution in [-0.4, -0.2) is 23.7 Å². The molecule has 1 aromatic rings. The van der Waals surface area contributed by atoms with Crippen molar-refractivity contribution in [2.24, 2.45) is 0 Å². The Bertz CT molecular complexity index is 452. The molecule has 0 radical (unpaired) electrons. The van der Waals surface area contributed by atoms with Crippen LogP contribution in [0.4, 0.5) is 5.69 Å². The summed E-state index contributed by atoms with van der Waals surface area (Å²) in [5.41, 5.74) is 0.525. The van der Waals surface area contributed by atoms with E-state index < -0.39 is 6.10 Å². The molecule has 0 aliphatic rings. The minimum absolute atomic E-state index is 0.184. The molecule has 0 aliphatic carbocycles. The molecule has 1 rings (SSSR count). The van der Waals surface area contributed by atoms with E-state index >= 15 is 0 Å². The first-order chi connectivity index (χ1) is 8.93. The third-order valence-electron chi connectivity index (χ3n) is 2.36. The molecule has 4 nitrogen and oxygen atoms in total. The molecule has 2 N–H and O–H groups in total. The highest BCUT2D eigenvalue weighted by Crippen LogP contribution is 2.36. The van der Waals surface area contributed by atoms with Crippen LogP contribution in [0.25, 0.3) is 0 Å². The molecule has 1 atom stereocenters. The molecule has 0 aliphatic heterocycles. The molecule has 0 spiro atoms. The van der Waals surface area contributed by atoms with Gasteiger partial charge in [0, 0.05) is 11.4 Å². The molecular formula is C13H17BrClNO3. The lowest BCUT2D eigenvalue weighted by molar-refractivity contribution is -0.116. The molecule has 1 amide bonds. The zero-order valence-corrected chi connectivity index (χ0v) is 13.2. The van der Waals surface area contributed by atoms with Gasteiger partial charge in [0.2, 0.25) is 5.91 Å². The van der Waals surface area contributed by atoms with Crippen LogP contribution < -0.4 is 10.1 Å². The maximum absolute atomic E-state index is 11.8. The van der Waals surface area contributed by atoms with E-state index in [4.69, 9.17) is 21.4 Å². The summed E-state index contributed by atoms with van der Waals surface area (Å²) in [5.74, 6) is 0.369. The van der Waals surface area contributed by atoms with Crippen molar-refractivity contribution in [2.45, 2.75) is 32.8 Å². The van der Waals surface area contributed by atoms with Gasteiger partial charge in [0.25, 0.3) is 0 Å². The van der Waals surface area contributed by atoms with Crippen molar-refractivity contribution in [1.29, 1.82) is 0 Å². The van der Waals surface area contributed by atoms with Crippen LogP contribution in [-0.2, 0) is 4.79 Å². The lowest BCUT2D eigenvalue weighted by Crippen LogP contribution is -2.15. The molecule has 106 valence electrons. The number of anilines is 1. The van der Waals surface area contributed by atoms with Gasteiger partial charge in [0.1, 0.15) is 0 Å². The predicted molar refractivity (Wildman–Crippen MR) is 79.9 cm³/mol. The second-order valence-electron chi connectivity index (χ2n) is 4.13. The number of amides is 1. The Morgan fingerprint density at radius 2 is 2.26 bits per heavy atom. The Balaban J connectivity index is 2.83. The quantitative estimate of drug-likeness (QED) is 0.824. The Labute approximate surface area is 126 Å². The maximum Gasteiger partial charge on any atom is 0.224 e. The zero-order valence-electron chi connectivity index (χ0n) is 10.9. The molecule has 1 aromatic carbocycles. The first-order valence-corrected chi connectivity index (χ1v) is 7.21. The van der Waals surface area contributed by atoms with Gasteiger partial charge in [-0.15, -0.1) is 0 Å². The standard InChI is InChI=1S/C13H17BrClNO3/c1-3-19-13-10(14)6-9(15)7-11(13)16-12(18)5-4-8(2)17/h6-8,17H,3-5H2,1-2H3,(H,16,18). The van der Waals surface area contributed by atoms with E-state index in [-0.39, 0.29) is 12.3 Å². The number of halogens is 2. The molecule has 0 saturated carbocycles. The van der Waals surface area contributed by atoms with Crippen LogP contribution in [0.15, 0.2) is 16.6 Å². The van der Waals surface area contributed by atoms with Crippen molar-refractivity contribution in [3.63, 3.8) is 0 Å². The van der Waals surface area contributed by atoms with Gasteiger partial charge < -0.3 is 15.2 Å². The number of benzene rings is 1. The molecule has 6 heteroatoms. The van der Waals surface area contributed by atoms with Crippen LogP contribution in [0.2, 0.25) is 5.02 Å². The number of rotatable bonds is 6. The highest BCUT2D eigenvalue weighted by molar-refractivity contribution is 9.10. The summed E-state index contributed by atoms with van der Waals surface area (Å²) in [7, 11) is 0. The van der Waals surface area contributed by atoms with Gasteiger partial charge in [0.05, 0.1) is 22.9 Å². The van der Waals surface area contributed by atoms with Crippen molar-refractivity contribution < 1.29 is 14.6 Å². The zero-order chi connectivity index (χ0) is 14.4. The summed E-state index contributed by atoms with van der Waals surface area (Å²) in [6, 6.07) is 3.34. The molecule has 0 bridgehead atoms. The van der Waals surface area contributed by atoms with Crippen molar-refractivity contribution in [3.05, 3.63) is 21.6 Å². The summed E-state index contributed by atoms with van der Waals surface area (Å²) in [6.07, 6.45) is 0.161. The molecule has 1 unspecified atom stereocenters. The smallest absolute Gasteiger partial charge is 0.224 e. The van der Waals surface area contributed by atoms with Crippen molar-refractivity contribution >= 4 is 39.1 Å². The fourth-order valence-electron chi connectivity index (χ4n) is 1.50. The van der Waals surface area contributed by atoms with Gasteiger partial charge in [0.15, 0.2) is 5.75 Å². The molecule has 0 saturated heterocycles. The topological polar surface area (TPSA) is 58.6 Å². The first-order valence-electron chi connectivity index (χ1n) is 6.03. The maximum atomic E-state index is 11.8. The lowest BCUT2D eigenvalue weighted by Gasteiger charge is -2.14. The van der Waals surface area contributed by atoms with Gasteiger partial charge in [-0.3, -0.25) is 4.79 Å². The monoisotopic (exact) mass is 349 g/mol. The van der Waals surface area contributed by atoms with E-state index in [1.54, 1.807) is 19.1 Å². The van der Waals surface area contributed by atoms with E-state index in [0.717, 1.165) is 0 Å². The number of nitrogens with one attached hydrogen (secondary N) is 1. The average molecular weight is 351 g/mol. The van der Waals surface area contributed by atoms with E-state index in [0.29, 0.717) is 34.0 Å². The normalized spacial score (nSPS) is 12.1. The summed E-state index contributed by atoms with van der Waals surface area (Å²) in [4.78, 5) is 11.8. The van der Waals surface area contributed by atoms with Gasteiger partial charge in [-0.05, 0) is 48.3 Å². The fraction of sp³-hybridized carbons (Fsp3) is 0.462. The first kappa shape index (κ1) is 16.3. The van der Waals surface area contributed by atoms with Crippen LogP contribution >= 0.6 is 27.5 Å². The SMILES string of the molecule is CCOc1c(Br)cc(Cl)cc1NC(=O)CCC(C)O. The third-order valence-corrected chi connectivity index (χ3v) is 3.17. The summed E-state index contributed by atoms with van der Waals surface area (Å²) in [6.45, 7) is 3.99. The van der Waals surface area contributed by atoms with E-state index in [9.17, 15) is 4.79 Å². The number of aliphatic hydroxyl groups is 1. The van der Waals surface area contributed by atoms with Crippen LogP contribution in [0, 0.1) is 0 Å². The molecule has 0 fully saturated rings. The second kappa shape index (κ2) is 7.72. The molecule has 19 heavy (non-hydrogen) atoms. The van der Waals surface area contributed by atoms with Crippen LogP contribution in [0.1, 0.15) is 26.7 Å². The minimum atomic E-state index is -0.497. The molecular weight excluding hydrogens is 334 g/mol. The Kier molecular flexibility index (Phi) is 6.62. The summed E-state index contributed by atoms with van der Waals surface area (Å²) in [5, 5.41) is 12.4. The van der Waals surface area contributed by atoms with Gasteiger partial charge in [-0.2, -0.15) is 0 Å². The number of carbonyl (C=O) groups excluding carboxylic acids is 1. The number of hydrogen-bond acceptors (Lipinski definition) is 3. The number of ether oxygens (including phenoxy) is 1. The third kappa shape index (κ3) is 5.38. The van der Waals surface area contributed by atoms with Crippen molar-refractivity contribution in [2.75, 3.05) is 11.9 Å². The lowest BCUT2D eigenvalue weighted by atomic mass is 10.2. The predicted octanol–water partition coefficient (Wildman–Crippen LogP) is 3.60. The van der Waals surface area contributed by atoms with Crippen LogP contribution in [0.5, 0.6) is 5.75 Å². The fourth-order valence-corrected chi connectivity index (χ4v) is 2.42. The van der Waals surface area contributed by atoms with Gasteiger partial charge in [-0.1, -0.05) is 11.6 Å². The van der Waals surface area contributed by atoms with E-state index in [1.165, 1.54) is 0 Å². The second-order valence-corrected chi connectivity index (χ2v) is 5.42. The highest BCUT2D eigenvalue weighted by Gasteiger charge is 2.13. The average Bonchev–Trinajstić information content (AvgIpc) is 2.31. The van der Waals surface area contributed by atoms with Crippen molar-refractivity contribution in [1.82, 2.24) is 0 Å². The van der Waals surface area contributed by atoms with E-state index in [2.05, 4.69) is 21.2 Å². The van der Waals surface area contributed by atoms with Gasteiger partial charge in [-0.25, -0.2) is 0 Å². The van der Waals surface area contributed by atoms with Crippen LogP contribution in [0.3, 0.4) is 0 Å². The highest BCUT2D eigenvalue weighted by atomic mass is 79.9. The number of aliphatic hydroxyl groups excluding tert-OH is 1. The Morgan fingerprint density at radius 1 is 1.58 bits per heavy atom. The van der Waals surface area contributed by atoms with Crippen molar-refractivity contribution in [3.8, 4) is 5.75 Å². The number of hydrogen-bond donors (Lipinski definition) is 2. The van der Waals surface area contributed by atoms with E-state index in [1.807, 2.05) is 6.92 Å². The van der Waals surface area contributed by atoms with Gasteiger partial charge >= 0.3 is 0 Å². The Morgan fingerprint density at radius 3 is 2.84 bits per heavy atom. The Hall–Kier alpha value is -0.780. The summed E-state index contributed by atoms with van der Waals surface area (Å²) < 4.78 is 6.17.